The average molecular weight is 1060 g/mol. The molecule has 0 spiro atoms. The Morgan fingerprint density at radius 3 is 0.779 bits per heavy atom. The molecule has 0 saturated carbocycles. The van der Waals surface area contributed by atoms with Gasteiger partial charge in [0.15, 0.2) is 6.10 Å². The minimum atomic E-state index is -0.832. The van der Waals surface area contributed by atoms with Gasteiger partial charge in [0.25, 0.3) is 0 Å². The lowest BCUT2D eigenvalue weighted by atomic mass is 10.1. The molecule has 6 nitrogen and oxygen atoms in total. The van der Waals surface area contributed by atoms with Gasteiger partial charge in [-0.1, -0.05) is 242 Å². The van der Waals surface area contributed by atoms with Gasteiger partial charge >= 0.3 is 17.9 Å². The molecule has 428 valence electrons. The van der Waals surface area contributed by atoms with Crippen molar-refractivity contribution in [2.75, 3.05) is 13.2 Å². The second-order valence-corrected chi connectivity index (χ2v) is 19.1. The van der Waals surface area contributed by atoms with Crippen LogP contribution in [0.5, 0.6) is 0 Å². The molecule has 6 heteroatoms. The number of unbranched alkanes of at least 4 members (excludes halogenated alkanes) is 11. The molecule has 0 aliphatic rings. The van der Waals surface area contributed by atoms with Crippen molar-refractivity contribution in [2.24, 2.45) is 0 Å². The molecule has 77 heavy (non-hydrogen) atoms. The number of hydrogen-bond acceptors (Lipinski definition) is 6. The predicted molar refractivity (Wildman–Crippen MR) is 334 cm³/mol. The third kappa shape index (κ3) is 61.2. The second kappa shape index (κ2) is 63.0. The fraction of sp³-hybridized carbons (Fsp3) is 0.535. The molecule has 0 aromatic rings. The SMILES string of the molecule is CC/C=C\C/C=C\C/C=C\C/C=C\C/C=C\C/C=C\C/C=C\CCCC(=O)OCC(COC(=O)CCCCCC/C=C\C/C=C\C/C=C\C/C=C\CC)OC(=O)CCCCCCCC/C=C\C/C=C\C/C=C\C/C=C\CC. The van der Waals surface area contributed by atoms with E-state index in [4.69, 9.17) is 14.2 Å². The van der Waals surface area contributed by atoms with Crippen molar-refractivity contribution in [3.8, 4) is 0 Å². The first-order valence-corrected chi connectivity index (χ1v) is 30.3. The summed E-state index contributed by atoms with van der Waals surface area (Å²) in [5.74, 6) is -1.03. The molecule has 0 N–H and O–H groups in total. The van der Waals surface area contributed by atoms with Crippen molar-refractivity contribution < 1.29 is 28.6 Å². The van der Waals surface area contributed by atoms with E-state index in [1.807, 2.05) is 0 Å². The largest absolute Gasteiger partial charge is 0.462 e. The number of allylic oxidation sites excluding steroid dienone is 30. The Hall–Kier alpha value is -5.49. The van der Waals surface area contributed by atoms with Gasteiger partial charge in [-0.25, -0.2) is 0 Å². The fourth-order valence-electron chi connectivity index (χ4n) is 7.47. The van der Waals surface area contributed by atoms with E-state index < -0.39 is 6.10 Å². The summed E-state index contributed by atoms with van der Waals surface area (Å²) < 4.78 is 16.8. The number of carbonyl (C=O) groups excluding carboxylic acids is 3. The Morgan fingerprint density at radius 2 is 0.481 bits per heavy atom. The lowest BCUT2D eigenvalue weighted by Gasteiger charge is -2.18. The Bertz CT molecular complexity index is 1840. The molecule has 0 bridgehead atoms. The number of esters is 3. The Morgan fingerprint density at radius 1 is 0.260 bits per heavy atom. The highest BCUT2D eigenvalue weighted by Crippen LogP contribution is 2.13. The van der Waals surface area contributed by atoms with Crippen molar-refractivity contribution in [1.82, 2.24) is 0 Å². The molecule has 1 atom stereocenters. The number of carbonyl (C=O) groups is 3. The summed E-state index contributed by atoms with van der Waals surface area (Å²) in [5.41, 5.74) is 0. The van der Waals surface area contributed by atoms with Gasteiger partial charge in [0.05, 0.1) is 0 Å². The maximum absolute atomic E-state index is 12.9. The zero-order chi connectivity index (χ0) is 55.7. The third-order valence-electron chi connectivity index (χ3n) is 11.9. The molecule has 0 rings (SSSR count). The summed E-state index contributed by atoms with van der Waals surface area (Å²) in [6, 6.07) is 0. The van der Waals surface area contributed by atoms with Crippen molar-refractivity contribution in [1.29, 1.82) is 0 Å². The van der Waals surface area contributed by atoms with Crippen LogP contribution in [-0.2, 0) is 28.6 Å². The summed E-state index contributed by atoms with van der Waals surface area (Å²) >= 11 is 0. The fourth-order valence-corrected chi connectivity index (χ4v) is 7.47. The highest BCUT2D eigenvalue weighted by molar-refractivity contribution is 5.71. The van der Waals surface area contributed by atoms with Crippen LogP contribution in [0.2, 0.25) is 0 Å². The van der Waals surface area contributed by atoms with Gasteiger partial charge in [0.2, 0.25) is 0 Å². The number of hydrogen-bond donors (Lipinski definition) is 0. The van der Waals surface area contributed by atoms with Crippen LogP contribution in [0.15, 0.2) is 182 Å². The molecular weight excluding hydrogens is 949 g/mol. The Kier molecular flexibility index (Phi) is 58.6. The van der Waals surface area contributed by atoms with Crippen molar-refractivity contribution in [3.05, 3.63) is 182 Å². The summed E-state index contributed by atoms with van der Waals surface area (Å²) in [6.07, 6.45) is 94.6. The van der Waals surface area contributed by atoms with E-state index in [9.17, 15) is 14.4 Å². The summed E-state index contributed by atoms with van der Waals surface area (Å²) in [5, 5.41) is 0. The van der Waals surface area contributed by atoms with E-state index in [0.29, 0.717) is 12.8 Å². The zero-order valence-electron chi connectivity index (χ0n) is 48.9. The first-order chi connectivity index (χ1) is 38.0. The third-order valence-corrected chi connectivity index (χ3v) is 11.9. The quantitative estimate of drug-likeness (QED) is 0.0261. The van der Waals surface area contributed by atoms with Crippen LogP contribution in [-0.4, -0.2) is 37.2 Å². The molecule has 0 saturated heterocycles. The smallest absolute Gasteiger partial charge is 0.306 e. The first-order valence-electron chi connectivity index (χ1n) is 30.3. The molecule has 0 radical (unpaired) electrons. The molecule has 0 heterocycles. The Balaban J connectivity index is 4.60. The van der Waals surface area contributed by atoms with E-state index in [1.165, 1.54) is 12.8 Å². The van der Waals surface area contributed by atoms with Gasteiger partial charge in [0, 0.05) is 19.3 Å². The molecule has 1 unspecified atom stereocenters. The van der Waals surface area contributed by atoms with Gasteiger partial charge in [-0.2, -0.15) is 0 Å². The van der Waals surface area contributed by atoms with Crippen LogP contribution >= 0.6 is 0 Å². The number of ether oxygens (including phenoxy) is 3. The maximum atomic E-state index is 12.9. The monoisotopic (exact) mass is 1060 g/mol. The molecule has 0 aromatic heterocycles. The minimum Gasteiger partial charge on any atom is -0.462 e. The standard InChI is InChI=1S/C71H108O6/c1-4-7-10-13-16-19-22-25-28-31-33-34-35-36-38-40-43-46-49-52-55-58-61-64-70(73)76-67-68(66-75-69(72)63-60-57-54-51-48-45-42-39-30-27-24-21-18-15-12-9-6-3)77-71(74)65-62-59-56-53-50-47-44-41-37-32-29-26-23-20-17-14-11-8-5-2/h7-12,16-21,25-30,33-34,36-38,41-43,45-46,52,55,68H,4-6,13-15,22-24,31-32,35,39-40,44,47-51,53-54,56-67H2,1-3H3/b10-7-,11-8-,12-9-,19-16-,20-17-,21-18-,28-25-,29-26-,30-27-,34-33-,38-36-,41-37-,45-42-,46-43-,55-52-. The van der Waals surface area contributed by atoms with Crippen LogP contribution in [0.3, 0.4) is 0 Å². The zero-order valence-corrected chi connectivity index (χ0v) is 48.9. The van der Waals surface area contributed by atoms with E-state index in [1.54, 1.807) is 0 Å². The predicted octanol–water partition coefficient (Wildman–Crippen LogP) is 20.9. The molecule has 0 aromatic carbocycles. The van der Waals surface area contributed by atoms with Gasteiger partial charge in [-0.3, -0.25) is 14.4 Å². The topological polar surface area (TPSA) is 78.9 Å². The van der Waals surface area contributed by atoms with E-state index in [2.05, 4.69) is 203 Å². The van der Waals surface area contributed by atoms with Gasteiger partial charge in [-0.15, -0.1) is 0 Å². The van der Waals surface area contributed by atoms with E-state index >= 15 is 0 Å². The summed E-state index contributed by atoms with van der Waals surface area (Å²) in [4.78, 5) is 38.3. The van der Waals surface area contributed by atoms with E-state index in [0.717, 1.165) is 167 Å². The van der Waals surface area contributed by atoms with Crippen LogP contribution in [0, 0.1) is 0 Å². The van der Waals surface area contributed by atoms with Gasteiger partial charge in [0.1, 0.15) is 13.2 Å². The maximum Gasteiger partial charge on any atom is 0.306 e. The molecular formula is C71H108O6. The minimum absolute atomic E-state index is 0.125. The van der Waals surface area contributed by atoms with E-state index in [-0.39, 0.29) is 44.0 Å². The summed E-state index contributed by atoms with van der Waals surface area (Å²) in [6.45, 7) is 6.20. The van der Waals surface area contributed by atoms with Crippen LogP contribution in [0.4, 0.5) is 0 Å². The lowest BCUT2D eigenvalue weighted by Crippen LogP contribution is -2.30. The highest BCUT2D eigenvalue weighted by atomic mass is 16.6. The molecule has 0 aliphatic heterocycles. The summed E-state index contributed by atoms with van der Waals surface area (Å²) in [7, 11) is 0. The molecule has 0 amide bonds. The Labute approximate surface area is 472 Å². The number of rotatable bonds is 52. The van der Waals surface area contributed by atoms with Crippen LogP contribution < -0.4 is 0 Å². The lowest BCUT2D eigenvalue weighted by molar-refractivity contribution is -0.167. The highest BCUT2D eigenvalue weighted by Gasteiger charge is 2.19. The second-order valence-electron chi connectivity index (χ2n) is 19.1. The average Bonchev–Trinajstić information content (AvgIpc) is 3.43. The van der Waals surface area contributed by atoms with Crippen LogP contribution in [0.25, 0.3) is 0 Å². The van der Waals surface area contributed by atoms with Crippen molar-refractivity contribution >= 4 is 17.9 Å². The van der Waals surface area contributed by atoms with Crippen LogP contribution in [0.1, 0.15) is 226 Å². The molecule has 0 aliphatic carbocycles. The van der Waals surface area contributed by atoms with Gasteiger partial charge < -0.3 is 14.2 Å². The first kappa shape index (κ1) is 71.5. The normalized spacial score (nSPS) is 13.4. The van der Waals surface area contributed by atoms with Gasteiger partial charge in [-0.05, 0) is 148 Å². The van der Waals surface area contributed by atoms with Crippen molar-refractivity contribution in [2.45, 2.75) is 232 Å². The van der Waals surface area contributed by atoms with Crippen molar-refractivity contribution in [3.63, 3.8) is 0 Å². The molecule has 0 fully saturated rings.